The predicted molar refractivity (Wildman–Crippen MR) is 54.0 cm³/mol. The molecule has 0 aliphatic heterocycles. The third kappa shape index (κ3) is 4.23. The molecule has 0 bridgehead atoms. The van der Waals surface area contributed by atoms with Crippen LogP contribution in [0.25, 0.3) is 0 Å². The summed E-state index contributed by atoms with van der Waals surface area (Å²) in [5, 5.41) is 0. The van der Waals surface area contributed by atoms with Gasteiger partial charge in [-0.05, 0) is 52.1 Å². The zero-order valence-corrected chi connectivity index (χ0v) is 8.39. The van der Waals surface area contributed by atoms with Gasteiger partial charge in [-0.3, -0.25) is 0 Å². The molecule has 0 unspecified atom stereocenters. The molecule has 1 radical (unpaired) electrons. The maximum Gasteiger partial charge on any atom is 0.118 e. The third-order valence-electron chi connectivity index (χ3n) is 2.14. The molecule has 0 saturated carbocycles. The summed E-state index contributed by atoms with van der Waals surface area (Å²) < 4.78 is 12.6. The number of allylic oxidation sites excluding steroid dienone is 4. The fraction of sp³-hybridized carbons (Fsp3) is 0.545. The maximum atomic E-state index is 12.6. The van der Waals surface area contributed by atoms with Crippen LogP contribution in [0.3, 0.4) is 0 Å². The van der Waals surface area contributed by atoms with Gasteiger partial charge in [0.2, 0.25) is 0 Å². The highest BCUT2D eigenvalue weighted by Crippen LogP contribution is 2.22. The molecule has 0 atom stereocenters. The number of hydrogen-bond donors (Lipinski definition) is 0. The molecule has 1 rings (SSSR count). The molecule has 13 heavy (non-hydrogen) atoms. The van der Waals surface area contributed by atoms with E-state index in [1.807, 2.05) is 6.08 Å². The minimum atomic E-state index is -0.101. The first-order valence-corrected chi connectivity index (χ1v) is 4.71. The van der Waals surface area contributed by atoms with Gasteiger partial charge in [-0.25, -0.2) is 4.39 Å². The smallest absolute Gasteiger partial charge is 0.118 e. The van der Waals surface area contributed by atoms with E-state index in [2.05, 4.69) is 19.0 Å². The highest BCUT2D eigenvalue weighted by Gasteiger charge is 2.08. The van der Waals surface area contributed by atoms with Gasteiger partial charge < -0.3 is 4.90 Å². The average molecular weight is 182 g/mol. The summed E-state index contributed by atoms with van der Waals surface area (Å²) in [7, 11) is 4.14. The lowest BCUT2D eigenvalue weighted by Crippen LogP contribution is -2.13. The van der Waals surface area contributed by atoms with Gasteiger partial charge in [0.1, 0.15) is 5.83 Å². The summed E-state index contributed by atoms with van der Waals surface area (Å²) in [6.07, 6.45) is 8.13. The first kappa shape index (κ1) is 10.5. The van der Waals surface area contributed by atoms with Crippen molar-refractivity contribution in [3.63, 3.8) is 0 Å². The summed E-state index contributed by atoms with van der Waals surface area (Å²) in [5.74, 6) is 1.24. The van der Waals surface area contributed by atoms with Gasteiger partial charge in [-0.2, -0.15) is 0 Å². The van der Waals surface area contributed by atoms with E-state index in [1.165, 1.54) is 5.92 Å². The highest BCUT2D eigenvalue weighted by molar-refractivity contribution is 5.27. The number of rotatable bonds is 4. The second-order valence-corrected chi connectivity index (χ2v) is 3.69. The minimum Gasteiger partial charge on any atom is -0.309 e. The first-order valence-electron chi connectivity index (χ1n) is 4.71. The van der Waals surface area contributed by atoms with Crippen LogP contribution in [-0.4, -0.2) is 25.5 Å². The van der Waals surface area contributed by atoms with Crippen LogP contribution in [0.15, 0.2) is 24.1 Å². The quantitative estimate of drug-likeness (QED) is 0.646. The van der Waals surface area contributed by atoms with Gasteiger partial charge >= 0.3 is 0 Å². The van der Waals surface area contributed by atoms with Crippen molar-refractivity contribution >= 4 is 0 Å². The van der Waals surface area contributed by atoms with Crippen LogP contribution in [0, 0.1) is 5.92 Å². The molecule has 0 aromatic carbocycles. The topological polar surface area (TPSA) is 3.24 Å². The van der Waals surface area contributed by atoms with E-state index in [0.29, 0.717) is 0 Å². The minimum absolute atomic E-state index is 0.101. The van der Waals surface area contributed by atoms with Crippen molar-refractivity contribution in [1.29, 1.82) is 0 Å². The highest BCUT2D eigenvalue weighted by atomic mass is 19.1. The lowest BCUT2D eigenvalue weighted by atomic mass is 9.95. The maximum absolute atomic E-state index is 12.6. The van der Waals surface area contributed by atoms with Crippen LogP contribution in [0.4, 0.5) is 4.39 Å². The molecular weight excluding hydrogens is 165 g/mol. The van der Waals surface area contributed by atoms with Crippen molar-refractivity contribution in [2.24, 2.45) is 0 Å². The zero-order valence-electron chi connectivity index (χ0n) is 8.39. The molecule has 0 heterocycles. The molecule has 1 aliphatic carbocycles. The van der Waals surface area contributed by atoms with Crippen molar-refractivity contribution in [3.8, 4) is 0 Å². The fourth-order valence-corrected chi connectivity index (χ4v) is 1.37. The zero-order chi connectivity index (χ0) is 9.68. The monoisotopic (exact) mass is 182 g/mol. The second-order valence-electron chi connectivity index (χ2n) is 3.69. The van der Waals surface area contributed by atoms with Gasteiger partial charge in [0, 0.05) is 5.92 Å². The number of nitrogens with zero attached hydrogens (tertiary/aromatic N) is 1. The SMILES string of the molecule is CN(C)CCC[C]1C=CC(F)=CC1. The molecule has 1 aliphatic rings. The van der Waals surface area contributed by atoms with Crippen molar-refractivity contribution in [3.05, 3.63) is 30.0 Å². The molecule has 0 aromatic rings. The van der Waals surface area contributed by atoms with E-state index in [4.69, 9.17) is 0 Å². The molecule has 0 amide bonds. The van der Waals surface area contributed by atoms with E-state index >= 15 is 0 Å². The van der Waals surface area contributed by atoms with Gasteiger partial charge in [-0.1, -0.05) is 6.08 Å². The first-order chi connectivity index (χ1) is 6.18. The van der Waals surface area contributed by atoms with Gasteiger partial charge in [0.05, 0.1) is 0 Å². The molecule has 0 aromatic heterocycles. The van der Waals surface area contributed by atoms with Crippen molar-refractivity contribution in [2.75, 3.05) is 20.6 Å². The van der Waals surface area contributed by atoms with Gasteiger partial charge in [0.15, 0.2) is 0 Å². The van der Waals surface area contributed by atoms with Crippen molar-refractivity contribution in [2.45, 2.75) is 19.3 Å². The molecule has 73 valence electrons. The number of hydrogen-bond acceptors (Lipinski definition) is 1. The molecule has 2 heteroatoms. The van der Waals surface area contributed by atoms with Crippen molar-refractivity contribution in [1.82, 2.24) is 4.90 Å². The van der Waals surface area contributed by atoms with Crippen molar-refractivity contribution < 1.29 is 4.39 Å². The Balaban J connectivity index is 2.14. The Morgan fingerprint density at radius 3 is 2.69 bits per heavy atom. The third-order valence-corrected chi connectivity index (χ3v) is 2.14. The van der Waals surface area contributed by atoms with Crippen LogP contribution in [0.1, 0.15) is 19.3 Å². The molecule has 1 nitrogen and oxygen atoms in total. The Labute approximate surface area is 79.9 Å². The second kappa shape index (κ2) is 5.18. The predicted octanol–water partition coefficient (Wildman–Crippen LogP) is 2.72. The normalized spacial score (nSPS) is 18.0. The summed E-state index contributed by atoms with van der Waals surface area (Å²) in [6, 6.07) is 0. The van der Waals surface area contributed by atoms with Crippen LogP contribution < -0.4 is 0 Å². The van der Waals surface area contributed by atoms with E-state index in [1.54, 1.807) is 12.2 Å². The lowest BCUT2D eigenvalue weighted by molar-refractivity contribution is 0.396. The van der Waals surface area contributed by atoms with Crippen LogP contribution in [-0.2, 0) is 0 Å². The van der Waals surface area contributed by atoms with E-state index in [0.717, 1.165) is 25.8 Å². The largest absolute Gasteiger partial charge is 0.309 e. The summed E-state index contributed by atoms with van der Waals surface area (Å²) >= 11 is 0. The Morgan fingerprint density at radius 2 is 2.15 bits per heavy atom. The van der Waals surface area contributed by atoms with E-state index in [-0.39, 0.29) is 5.83 Å². The standard InChI is InChI=1S/C11H17FN/c1-13(2)9-3-4-10-5-7-11(12)8-6-10/h5,7-8H,3-4,6,9H2,1-2H3. The lowest BCUT2D eigenvalue weighted by Gasteiger charge is -2.14. The van der Waals surface area contributed by atoms with Crippen LogP contribution >= 0.6 is 0 Å². The van der Waals surface area contributed by atoms with Gasteiger partial charge in [0.25, 0.3) is 0 Å². The Hall–Kier alpha value is -0.630. The van der Waals surface area contributed by atoms with Gasteiger partial charge in [-0.15, -0.1) is 0 Å². The molecular formula is C11H17FN. The molecule has 0 N–H and O–H groups in total. The summed E-state index contributed by atoms with van der Waals surface area (Å²) in [4.78, 5) is 2.17. The Morgan fingerprint density at radius 1 is 1.38 bits per heavy atom. The molecule has 0 spiro atoms. The summed E-state index contributed by atoms with van der Waals surface area (Å²) in [5.41, 5.74) is 0. The Kier molecular flexibility index (Phi) is 4.16. The average Bonchev–Trinajstić information content (AvgIpc) is 2.08. The molecule has 0 fully saturated rings. The van der Waals surface area contributed by atoms with Crippen LogP contribution in [0.2, 0.25) is 0 Å². The fourth-order valence-electron chi connectivity index (χ4n) is 1.37. The molecule has 0 saturated heterocycles. The number of halogens is 1. The van der Waals surface area contributed by atoms with E-state index < -0.39 is 0 Å². The van der Waals surface area contributed by atoms with E-state index in [9.17, 15) is 4.39 Å². The van der Waals surface area contributed by atoms with Crippen LogP contribution in [0.5, 0.6) is 0 Å². The summed E-state index contributed by atoms with van der Waals surface area (Å²) in [6.45, 7) is 1.10. The Bertz CT molecular complexity index is 206.